The molecule has 0 saturated heterocycles. The molecular weight excluding hydrogens is 236 g/mol. The van der Waals surface area contributed by atoms with Crippen LogP contribution in [0.5, 0.6) is 0 Å². The molecule has 0 unspecified atom stereocenters. The highest BCUT2D eigenvalue weighted by molar-refractivity contribution is 7.81. The summed E-state index contributed by atoms with van der Waals surface area (Å²) in [5, 5.41) is 0. The van der Waals surface area contributed by atoms with Crippen LogP contribution in [0.3, 0.4) is 0 Å². The quantitative estimate of drug-likeness (QED) is 0.623. The van der Waals surface area contributed by atoms with Crippen molar-refractivity contribution in [2.45, 2.75) is 58.8 Å². The Morgan fingerprint density at radius 2 is 1.67 bits per heavy atom. The predicted molar refractivity (Wildman–Crippen MR) is 83.3 cm³/mol. The Labute approximate surface area is 117 Å². The number of benzene rings is 1. The first kappa shape index (κ1) is 13.7. The number of hydrogen-bond acceptors (Lipinski definition) is 1. The third kappa shape index (κ3) is 2.51. The highest BCUT2D eigenvalue weighted by atomic mass is 32.1. The van der Waals surface area contributed by atoms with Gasteiger partial charge in [-0.3, -0.25) is 0 Å². The summed E-state index contributed by atoms with van der Waals surface area (Å²) in [4.78, 5) is 1.25. The highest BCUT2D eigenvalue weighted by Crippen LogP contribution is 2.45. The van der Waals surface area contributed by atoms with Gasteiger partial charge in [0, 0.05) is 10.3 Å². The Hall–Kier alpha value is -0.690. The zero-order valence-electron chi connectivity index (χ0n) is 11.7. The van der Waals surface area contributed by atoms with Crippen LogP contribution in [0.2, 0.25) is 0 Å². The number of unbranched alkanes of at least 4 members (excludes halogenated alkanes) is 2. The normalized spacial score (nSPS) is 16.9. The molecule has 18 heavy (non-hydrogen) atoms. The molecule has 0 saturated carbocycles. The summed E-state index contributed by atoms with van der Waals surface area (Å²) in [6.07, 6.45) is 8.88. The Balaban J connectivity index is 2.24. The molecule has 0 aromatic heterocycles. The zero-order valence-corrected chi connectivity index (χ0v) is 12.5. The topological polar surface area (TPSA) is 0 Å². The van der Waals surface area contributed by atoms with E-state index < -0.39 is 0 Å². The van der Waals surface area contributed by atoms with Crippen molar-refractivity contribution in [2.75, 3.05) is 0 Å². The lowest BCUT2D eigenvalue weighted by atomic mass is 9.75. The van der Waals surface area contributed by atoms with E-state index in [2.05, 4.69) is 38.1 Å². The summed E-state index contributed by atoms with van der Waals surface area (Å²) in [5.41, 5.74) is 3.14. The van der Waals surface area contributed by atoms with Gasteiger partial charge in [-0.05, 0) is 30.4 Å². The van der Waals surface area contributed by atoms with Crippen LogP contribution in [0.1, 0.15) is 63.5 Å². The van der Waals surface area contributed by atoms with Crippen LogP contribution in [-0.4, -0.2) is 4.86 Å². The van der Waals surface area contributed by atoms with E-state index in [-0.39, 0.29) is 0 Å². The van der Waals surface area contributed by atoms with Gasteiger partial charge in [0.2, 0.25) is 0 Å². The van der Waals surface area contributed by atoms with Gasteiger partial charge in [0.05, 0.1) is 0 Å². The molecule has 2 rings (SSSR count). The molecule has 0 spiro atoms. The minimum atomic E-state index is 0.297. The Morgan fingerprint density at radius 1 is 1.06 bits per heavy atom. The van der Waals surface area contributed by atoms with E-state index in [0.717, 1.165) is 0 Å². The van der Waals surface area contributed by atoms with E-state index in [4.69, 9.17) is 12.2 Å². The molecule has 1 heteroatoms. The van der Waals surface area contributed by atoms with Crippen molar-refractivity contribution in [3.63, 3.8) is 0 Å². The van der Waals surface area contributed by atoms with Gasteiger partial charge in [0.1, 0.15) is 0 Å². The summed E-state index contributed by atoms with van der Waals surface area (Å²) in [5.74, 6) is 0. The molecule has 0 atom stereocenters. The lowest BCUT2D eigenvalue weighted by Crippen LogP contribution is -2.27. The summed E-state index contributed by atoms with van der Waals surface area (Å²) in [6, 6.07) is 8.76. The van der Waals surface area contributed by atoms with E-state index >= 15 is 0 Å². The van der Waals surface area contributed by atoms with Crippen molar-refractivity contribution in [2.24, 2.45) is 5.41 Å². The fraction of sp³-hybridized carbons (Fsp3) is 0.588. The van der Waals surface area contributed by atoms with E-state index in [1.54, 1.807) is 0 Å². The molecule has 1 aliphatic rings. The standard InChI is InChI=1S/C17H24S/c1-3-5-11-17(12-6-4-2)13-14-9-7-8-10-15(14)16(17)18/h7-10H,3-6,11-13H2,1-2H3. The van der Waals surface area contributed by atoms with Gasteiger partial charge in [-0.2, -0.15) is 0 Å². The van der Waals surface area contributed by atoms with Crippen LogP contribution in [0, 0.1) is 5.41 Å². The molecule has 0 aliphatic heterocycles. The van der Waals surface area contributed by atoms with Gasteiger partial charge in [-0.25, -0.2) is 0 Å². The smallest absolute Gasteiger partial charge is 0.0292 e. The van der Waals surface area contributed by atoms with Crippen molar-refractivity contribution in [3.05, 3.63) is 35.4 Å². The summed E-state index contributed by atoms with van der Waals surface area (Å²) < 4.78 is 0. The second-order valence-corrected chi connectivity index (χ2v) is 6.06. The fourth-order valence-corrected chi connectivity index (χ4v) is 3.66. The molecule has 1 aromatic rings. The second kappa shape index (κ2) is 5.97. The molecule has 0 fully saturated rings. The van der Waals surface area contributed by atoms with Gasteiger partial charge in [-0.1, -0.05) is 76.0 Å². The van der Waals surface area contributed by atoms with Crippen LogP contribution in [0.15, 0.2) is 24.3 Å². The number of thiocarbonyl (C=S) groups is 1. The molecular formula is C17H24S. The fourth-order valence-electron chi connectivity index (χ4n) is 3.19. The van der Waals surface area contributed by atoms with Gasteiger partial charge in [0.15, 0.2) is 0 Å². The van der Waals surface area contributed by atoms with Crippen molar-refractivity contribution in [1.29, 1.82) is 0 Å². The van der Waals surface area contributed by atoms with Crippen molar-refractivity contribution in [1.82, 2.24) is 0 Å². The summed E-state index contributed by atoms with van der Waals surface area (Å²) in [6.45, 7) is 4.55. The maximum absolute atomic E-state index is 5.83. The number of hydrogen-bond donors (Lipinski definition) is 0. The van der Waals surface area contributed by atoms with E-state index in [0.29, 0.717) is 5.41 Å². The molecule has 0 nitrogen and oxygen atoms in total. The Kier molecular flexibility index (Phi) is 4.55. The molecule has 98 valence electrons. The average molecular weight is 260 g/mol. The molecule has 1 aliphatic carbocycles. The average Bonchev–Trinajstić information content (AvgIpc) is 2.68. The minimum absolute atomic E-state index is 0.297. The number of fused-ring (bicyclic) bond motifs is 1. The van der Waals surface area contributed by atoms with Crippen LogP contribution < -0.4 is 0 Å². The van der Waals surface area contributed by atoms with Crippen molar-refractivity contribution in [3.8, 4) is 0 Å². The van der Waals surface area contributed by atoms with Gasteiger partial charge in [0.25, 0.3) is 0 Å². The maximum atomic E-state index is 5.83. The first-order valence-electron chi connectivity index (χ1n) is 7.36. The van der Waals surface area contributed by atoms with Crippen molar-refractivity contribution >= 4 is 17.1 Å². The van der Waals surface area contributed by atoms with Gasteiger partial charge in [-0.15, -0.1) is 0 Å². The van der Waals surface area contributed by atoms with E-state index in [1.807, 2.05) is 0 Å². The predicted octanol–water partition coefficient (Wildman–Crippen LogP) is 5.33. The number of rotatable bonds is 6. The first-order chi connectivity index (χ1) is 8.73. The minimum Gasteiger partial charge on any atom is -0.0836 e. The molecule has 0 N–H and O–H groups in total. The van der Waals surface area contributed by atoms with Crippen molar-refractivity contribution < 1.29 is 0 Å². The largest absolute Gasteiger partial charge is 0.0836 e. The van der Waals surface area contributed by atoms with Gasteiger partial charge < -0.3 is 0 Å². The molecule has 1 aromatic carbocycles. The molecule has 0 amide bonds. The second-order valence-electron chi connectivity index (χ2n) is 5.65. The van der Waals surface area contributed by atoms with Crippen LogP contribution in [-0.2, 0) is 6.42 Å². The summed E-state index contributed by atoms with van der Waals surface area (Å²) in [7, 11) is 0. The molecule has 0 bridgehead atoms. The Morgan fingerprint density at radius 3 is 2.22 bits per heavy atom. The van der Waals surface area contributed by atoms with Crippen LogP contribution >= 0.6 is 12.2 Å². The maximum Gasteiger partial charge on any atom is 0.0292 e. The van der Waals surface area contributed by atoms with E-state index in [9.17, 15) is 0 Å². The zero-order chi connectivity index (χ0) is 13.0. The first-order valence-corrected chi connectivity index (χ1v) is 7.77. The SMILES string of the molecule is CCCCC1(CCCC)Cc2ccccc2C1=S. The molecule has 0 radical (unpaired) electrons. The van der Waals surface area contributed by atoms with Gasteiger partial charge >= 0.3 is 0 Å². The van der Waals surface area contributed by atoms with Crippen LogP contribution in [0.25, 0.3) is 0 Å². The summed E-state index contributed by atoms with van der Waals surface area (Å²) >= 11 is 5.83. The van der Waals surface area contributed by atoms with Crippen LogP contribution in [0.4, 0.5) is 0 Å². The van der Waals surface area contributed by atoms with E-state index in [1.165, 1.54) is 60.9 Å². The highest BCUT2D eigenvalue weighted by Gasteiger charge is 2.40. The molecule has 0 heterocycles. The Bertz CT molecular complexity index is 411. The monoisotopic (exact) mass is 260 g/mol. The lowest BCUT2D eigenvalue weighted by Gasteiger charge is -2.29. The third-order valence-corrected chi connectivity index (χ3v) is 4.94. The third-order valence-electron chi connectivity index (χ3n) is 4.29. The lowest BCUT2D eigenvalue weighted by molar-refractivity contribution is 0.345.